The van der Waals surface area contributed by atoms with Gasteiger partial charge in [0.2, 0.25) is 0 Å². The van der Waals surface area contributed by atoms with Crippen LogP contribution in [-0.2, 0) is 19.1 Å². The quantitative estimate of drug-likeness (QED) is 0.115. The molecule has 1 fully saturated rings. The minimum absolute atomic E-state index is 0.0178. The van der Waals surface area contributed by atoms with Gasteiger partial charge in [0.15, 0.2) is 0 Å². The lowest BCUT2D eigenvalue weighted by molar-refractivity contribution is -0.153. The van der Waals surface area contributed by atoms with E-state index in [0.717, 1.165) is 51.6 Å². The predicted molar refractivity (Wildman–Crippen MR) is 141 cm³/mol. The second kappa shape index (κ2) is 20.7. The minimum Gasteiger partial charge on any atom is -0.465 e. The molecule has 1 aliphatic rings. The van der Waals surface area contributed by atoms with Gasteiger partial charge in [0.1, 0.15) is 0 Å². The Kier molecular flexibility index (Phi) is 18.5. The number of likely N-dealkylation sites (tertiary alicyclic amines) is 1. The first kappa shape index (κ1) is 30.4. The number of ether oxygens (including phenoxy) is 2. The van der Waals surface area contributed by atoms with E-state index in [-0.39, 0.29) is 23.8 Å². The van der Waals surface area contributed by atoms with Crippen LogP contribution in [-0.4, -0.2) is 50.2 Å². The molecule has 0 aromatic heterocycles. The van der Waals surface area contributed by atoms with Gasteiger partial charge < -0.3 is 14.4 Å². The van der Waals surface area contributed by atoms with E-state index in [2.05, 4.69) is 43.2 Å². The predicted octanol–water partition coefficient (Wildman–Crippen LogP) is 6.86. The number of hydrogen-bond acceptors (Lipinski definition) is 5. The number of rotatable bonds is 19. The van der Waals surface area contributed by atoms with Crippen molar-refractivity contribution >= 4 is 11.9 Å². The lowest BCUT2D eigenvalue weighted by atomic mass is 9.97. The number of unbranched alkanes of at least 4 members (excludes halogenated alkanes) is 8. The second-order valence-corrected chi connectivity index (χ2v) is 9.98. The monoisotopic (exact) mass is 477 g/mol. The lowest BCUT2D eigenvalue weighted by Gasteiger charge is -2.27. The number of carbonyl (C=O) groups is 2. The van der Waals surface area contributed by atoms with E-state index < -0.39 is 0 Å². The largest absolute Gasteiger partial charge is 0.465 e. The van der Waals surface area contributed by atoms with E-state index in [1.165, 1.54) is 44.9 Å². The summed E-state index contributed by atoms with van der Waals surface area (Å²) < 4.78 is 10.8. The van der Waals surface area contributed by atoms with Crippen molar-refractivity contribution in [1.29, 1.82) is 0 Å². The molecule has 5 heteroatoms. The maximum Gasteiger partial charge on any atom is 0.309 e. The van der Waals surface area contributed by atoms with Crippen molar-refractivity contribution in [2.45, 2.75) is 104 Å². The Bertz CT molecular complexity index is 579. The molecule has 0 aliphatic carbocycles. The van der Waals surface area contributed by atoms with Crippen molar-refractivity contribution < 1.29 is 19.1 Å². The first-order valence-electron chi connectivity index (χ1n) is 13.8. The summed E-state index contributed by atoms with van der Waals surface area (Å²) in [7, 11) is 2.08. The molecule has 0 aromatic carbocycles. The maximum atomic E-state index is 12.2. The highest BCUT2D eigenvalue weighted by atomic mass is 16.5. The molecular formula is C29H51NO4. The van der Waals surface area contributed by atoms with Gasteiger partial charge >= 0.3 is 11.9 Å². The molecule has 0 aromatic rings. The fraction of sp³-hybridized carbons (Fsp3) is 0.793. The van der Waals surface area contributed by atoms with Crippen molar-refractivity contribution in [3.05, 3.63) is 24.3 Å². The molecule has 0 amide bonds. The summed E-state index contributed by atoms with van der Waals surface area (Å²) in [6.07, 6.45) is 24.2. The molecule has 1 atom stereocenters. The van der Waals surface area contributed by atoms with E-state index in [4.69, 9.17) is 9.47 Å². The Hall–Kier alpha value is -1.62. The van der Waals surface area contributed by atoms with Gasteiger partial charge in [-0.3, -0.25) is 9.59 Å². The van der Waals surface area contributed by atoms with Crippen molar-refractivity contribution in [2.75, 3.05) is 33.4 Å². The van der Waals surface area contributed by atoms with E-state index in [0.29, 0.717) is 19.6 Å². The van der Waals surface area contributed by atoms with Crippen molar-refractivity contribution in [2.24, 2.45) is 11.8 Å². The third-order valence-electron chi connectivity index (χ3n) is 6.42. The normalized spacial score (nSPS) is 16.3. The van der Waals surface area contributed by atoms with E-state index in [1.807, 2.05) is 6.92 Å². The summed E-state index contributed by atoms with van der Waals surface area (Å²) in [4.78, 5) is 26.3. The zero-order valence-corrected chi connectivity index (χ0v) is 22.3. The first-order chi connectivity index (χ1) is 16.5. The molecule has 0 bridgehead atoms. The SMILES string of the molecule is CCCCC/C=C\C/C=C\CCCCCCCC(=O)OCC(C)COC(=O)C1CCN(C)CC1. The molecule has 1 rings (SSSR count). The molecule has 1 saturated heterocycles. The molecule has 0 radical (unpaired) electrons. The molecule has 34 heavy (non-hydrogen) atoms. The minimum atomic E-state index is -0.140. The van der Waals surface area contributed by atoms with E-state index in [9.17, 15) is 9.59 Å². The molecule has 196 valence electrons. The van der Waals surface area contributed by atoms with Crippen LogP contribution in [0.15, 0.2) is 24.3 Å². The van der Waals surface area contributed by atoms with Crippen LogP contribution < -0.4 is 0 Å². The van der Waals surface area contributed by atoms with Crippen LogP contribution in [0.3, 0.4) is 0 Å². The Labute approximate surface area is 209 Å². The van der Waals surface area contributed by atoms with Crippen molar-refractivity contribution in [1.82, 2.24) is 4.90 Å². The third-order valence-corrected chi connectivity index (χ3v) is 6.42. The summed E-state index contributed by atoms with van der Waals surface area (Å²) >= 11 is 0. The van der Waals surface area contributed by atoms with Crippen LogP contribution >= 0.6 is 0 Å². The summed E-state index contributed by atoms with van der Waals surface area (Å²) in [6.45, 7) is 6.72. The molecule has 5 nitrogen and oxygen atoms in total. The Balaban J connectivity index is 1.91. The first-order valence-corrected chi connectivity index (χ1v) is 13.8. The summed E-state index contributed by atoms with van der Waals surface area (Å²) in [5.74, 6) is -0.191. The molecule has 0 saturated carbocycles. The van der Waals surface area contributed by atoms with Crippen LogP contribution in [0.1, 0.15) is 104 Å². The van der Waals surface area contributed by atoms with Gasteiger partial charge in [0.05, 0.1) is 19.1 Å². The topological polar surface area (TPSA) is 55.8 Å². The fourth-order valence-corrected chi connectivity index (χ4v) is 4.02. The van der Waals surface area contributed by atoms with E-state index in [1.54, 1.807) is 0 Å². The maximum absolute atomic E-state index is 12.2. The molecule has 1 heterocycles. The number of allylic oxidation sites excluding steroid dienone is 4. The Morgan fingerprint density at radius 3 is 2.12 bits per heavy atom. The zero-order chi connectivity index (χ0) is 24.9. The van der Waals surface area contributed by atoms with Gasteiger partial charge in [-0.25, -0.2) is 0 Å². The summed E-state index contributed by atoms with van der Waals surface area (Å²) in [5, 5.41) is 0. The number of nitrogens with zero attached hydrogens (tertiary/aromatic N) is 1. The standard InChI is InChI=1S/C29H51NO4/c1-4-5-6-7-8-9-10-11-12-13-14-15-16-17-18-19-28(31)33-24-26(2)25-34-29(32)27-20-22-30(3)23-21-27/h8-9,11-12,26-27H,4-7,10,13-25H2,1-3H3/b9-8-,12-11-. The van der Waals surface area contributed by atoms with Crippen LogP contribution in [0, 0.1) is 11.8 Å². The number of hydrogen-bond donors (Lipinski definition) is 0. The number of esters is 2. The van der Waals surface area contributed by atoms with Gasteiger partial charge in [0.25, 0.3) is 0 Å². The lowest BCUT2D eigenvalue weighted by Crippen LogP contribution is -2.34. The smallest absolute Gasteiger partial charge is 0.309 e. The Morgan fingerprint density at radius 1 is 0.853 bits per heavy atom. The molecule has 0 N–H and O–H groups in total. The molecule has 0 spiro atoms. The van der Waals surface area contributed by atoms with Crippen molar-refractivity contribution in [3.63, 3.8) is 0 Å². The van der Waals surface area contributed by atoms with E-state index >= 15 is 0 Å². The van der Waals surface area contributed by atoms with Gasteiger partial charge in [-0.1, -0.05) is 70.3 Å². The highest BCUT2D eigenvalue weighted by molar-refractivity contribution is 5.72. The second-order valence-electron chi connectivity index (χ2n) is 9.98. The van der Waals surface area contributed by atoms with Gasteiger partial charge in [-0.05, 0) is 71.5 Å². The van der Waals surface area contributed by atoms with Gasteiger partial charge in [-0.2, -0.15) is 0 Å². The average Bonchev–Trinajstić information content (AvgIpc) is 2.84. The number of carbonyl (C=O) groups excluding carboxylic acids is 2. The van der Waals surface area contributed by atoms with Crippen molar-refractivity contribution in [3.8, 4) is 0 Å². The summed E-state index contributed by atoms with van der Waals surface area (Å²) in [6, 6.07) is 0. The Morgan fingerprint density at radius 2 is 1.44 bits per heavy atom. The zero-order valence-electron chi connectivity index (χ0n) is 22.3. The van der Waals surface area contributed by atoms with Gasteiger partial charge in [-0.15, -0.1) is 0 Å². The fourth-order valence-electron chi connectivity index (χ4n) is 4.02. The van der Waals surface area contributed by atoms with Crippen LogP contribution in [0.25, 0.3) is 0 Å². The molecule has 1 unspecified atom stereocenters. The molecule has 1 aliphatic heterocycles. The third kappa shape index (κ3) is 16.9. The van der Waals surface area contributed by atoms with Crippen LogP contribution in [0.2, 0.25) is 0 Å². The highest BCUT2D eigenvalue weighted by Crippen LogP contribution is 2.18. The van der Waals surface area contributed by atoms with Crippen LogP contribution in [0.5, 0.6) is 0 Å². The number of piperidine rings is 1. The summed E-state index contributed by atoms with van der Waals surface area (Å²) in [5.41, 5.74) is 0. The molecular weight excluding hydrogens is 426 g/mol. The van der Waals surface area contributed by atoms with Crippen LogP contribution in [0.4, 0.5) is 0 Å². The average molecular weight is 478 g/mol. The van der Waals surface area contributed by atoms with Gasteiger partial charge in [0, 0.05) is 12.3 Å². The highest BCUT2D eigenvalue weighted by Gasteiger charge is 2.25.